The van der Waals surface area contributed by atoms with Crippen LogP contribution in [0.4, 0.5) is 0 Å². The molecule has 92 valence electrons. The molecule has 0 amide bonds. The maximum atomic E-state index is 11.9. The highest BCUT2D eigenvalue weighted by atomic mass is 32.1. The molecule has 1 aromatic heterocycles. The summed E-state index contributed by atoms with van der Waals surface area (Å²) in [6.07, 6.45) is 4.97. The number of piperidine rings is 1. The first-order chi connectivity index (χ1) is 8.31. The summed E-state index contributed by atoms with van der Waals surface area (Å²) in [5.74, 6) is 2.16. The van der Waals surface area contributed by atoms with Crippen LogP contribution in [-0.4, -0.2) is 30.3 Å². The van der Waals surface area contributed by atoms with Gasteiger partial charge in [0.05, 0.1) is 4.88 Å². The Morgan fingerprint density at radius 1 is 1.35 bits per heavy atom. The van der Waals surface area contributed by atoms with Gasteiger partial charge in [-0.1, -0.05) is 6.07 Å². The Morgan fingerprint density at radius 3 is 2.76 bits per heavy atom. The van der Waals surface area contributed by atoms with Crippen LogP contribution in [0.5, 0.6) is 0 Å². The maximum Gasteiger partial charge on any atom is 0.174 e. The summed E-state index contributed by atoms with van der Waals surface area (Å²) in [5.41, 5.74) is 0. The minimum atomic E-state index is 0.318. The molecular formula is C14H19NOS. The van der Waals surface area contributed by atoms with Crippen LogP contribution in [0.1, 0.15) is 35.4 Å². The van der Waals surface area contributed by atoms with Crippen LogP contribution in [-0.2, 0) is 0 Å². The molecule has 2 aliphatic rings. The molecule has 0 aromatic carbocycles. The number of carbonyl (C=O) groups is 1. The lowest BCUT2D eigenvalue weighted by atomic mass is 9.98. The Labute approximate surface area is 107 Å². The van der Waals surface area contributed by atoms with Gasteiger partial charge in [-0.25, -0.2) is 0 Å². The second-order valence-electron chi connectivity index (χ2n) is 5.46. The van der Waals surface area contributed by atoms with E-state index < -0.39 is 0 Å². The molecule has 1 saturated heterocycles. The van der Waals surface area contributed by atoms with Gasteiger partial charge in [-0.05, 0) is 42.5 Å². The van der Waals surface area contributed by atoms with Gasteiger partial charge in [0.2, 0.25) is 0 Å². The second-order valence-corrected chi connectivity index (χ2v) is 6.40. The Bertz CT molecular complexity index is 375. The van der Waals surface area contributed by atoms with E-state index in [2.05, 4.69) is 4.90 Å². The number of carbonyl (C=O) groups excluding carboxylic acids is 1. The zero-order valence-electron chi connectivity index (χ0n) is 10.1. The van der Waals surface area contributed by atoms with Gasteiger partial charge in [0, 0.05) is 26.1 Å². The average Bonchev–Trinajstić information content (AvgIpc) is 2.96. The minimum Gasteiger partial charge on any atom is -0.302 e. The lowest BCUT2D eigenvalue weighted by Crippen LogP contribution is -2.37. The smallest absolute Gasteiger partial charge is 0.174 e. The van der Waals surface area contributed by atoms with Gasteiger partial charge in [0.25, 0.3) is 0 Å². The van der Waals surface area contributed by atoms with Gasteiger partial charge in [0.15, 0.2) is 5.78 Å². The van der Waals surface area contributed by atoms with Crippen LogP contribution in [0.25, 0.3) is 0 Å². The Balaban J connectivity index is 1.50. The van der Waals surface area contributed by atoms with Crippen LogP contribution in [0.3, 0.4) is 0 Å². The molecule has 3 rings (SSSR count). The molecule has 2 unspecified atom stereocenters. The second kappa shape index (κ2) is 4.91. The topological polar surface area (TPSA) is 20.3 Å². The van der Waals surface area contributed by atoms with Crippen molar-refractivity contribution in [3.63, 3.8) is 0 Å². The molecule has 2 nitrogen and oxygen atoms in total. The first-order valence-electron chi connectivity index (χ1n) is 6.60. The average molecular weight is 249 g/mol. The number of Topliss-reactive ketones (excluding diaryl/α,β-unsaturated/α-hetero) is 1. The fraction of sp³-hybridized carbons (Fsp3) is 0.643. The third kappa shape index (κ3) is 2.61. The summed E-state index contributed by atoms with van der Waals surface area (Å²) in [7, 11) is 0. The summed E-state index contributed by atoms with van der Waals surface area (Å²) >= 11 is 1.56. The number of nitrogens with zero attached hydrogens (tertiary/aromatic N) is 1. The largest absolute Gasteiger partial charge is 0.302 e. The van der Waals surface area contributed by atoms with Gasteiger partial charge >= 0.3 is 0 Å². The Morgan fingerprint density at radius 2 is 2.12 bits per heavy atom. The van der Waals surface area contributed by atoms with Crippen molar-refractivity contribution in [2.45, 2.75) is 25.7 Å². The number of thiophene rings is 1. The highest BCUT2D eigenvalue weighted by Crippen LogP contribution is 2.36. The third-order valence-electron chi connectivity index (χ3n) is 4.13. The summed E-state index contributed by atoms with van der Waals surface area (Å²) < 4.78 is 0. The van der Waals surface area contributed by atoms with Crippen LogP contribution in [0.2, 0.25) is 0 Å². The number of hydrogen-bond acceptors (Lipinski definition) is 3. The maximum absolute atomic E-state index is 11.9. The molecule has 1 aliphatic heterocycles. The predicted octanol–water partition coefficient (Wildman–Crippen LogP) is 3.05. The number of fused-ring (bicyclic) bond motifs is 2. The van der Waals surface area contributed by atoms with Gasteiger partial charge in [-0.2, -0.15) is 0 Å². The third-order valence-corrected chi connectivity index (χ3v) is 5.04. The molecule has 2 fully saturated rings. The molecule has 0 N–H and O–H groups in total. The highest BCUT2D eigenvalue weighted by Gasteiger charge is 2.32. The first-order valence-corrected chi connectivity index (χ1v) is 7.48. The molecule has 0 radical (unpaired) electrons. The Hall–Kier alpha value is -0.670. The molecule has 0 spiro atoms. The van der Waals surface area contributed by atoms with E-state index in [4.69, 9.17) is 0 Å². The van der Waals surface area contributed by atoms with E-state index in [9.17, 15) is 4.79 Å². The standard InChI is InChI=1S/C14H19NOS/c16-13(14-2-1-7-17-14)5-6-15-9-11-3-4-12(8-11)10-15/h1-2,7,11-12H,3-6,8-10H2. The Kier molecular flexibility index (Phi) is 3.30. The molecular weight excluding hydrogens is 230 g/mol. The van der Waals surface area contributed by atoms with Crippen molar-refractivity contribution < 1.29 is 4.79 Å². The van der Waals surface area contributed by atoms with Crippen molar-refractivity contribution in [1.29, 1.82) is 0 Å². The normalized spacial score (nSPS) is 28.5. The molecule has 3 heteroatoms. The van der Waals surface area contributed by atoms with E-state index in [-0.39, 0.29) is 0 Å². The zero-order chi connectivity index (χ0) is 11.7. The SMILES string of the molecule is O=C(CCN1CC2CCC(C2)C1)c1cccs1. The van der Waals surface area contributed by atoms with E-state index in [1.807, 2.05) is 17.5 Å². The quantitative estimate of drug-likeness (QED) is 0.764. The lowest BCUT2D eigenvalue weighted by molar-refractivity contribution is 0.0946. The summed E-state index contributed by atoms with van der Waals surface area (Å²) in [6.45, 7) is 3.42. The number of ketones is 1. The van der Waals surface area contributed by atoms with Crippen molar-refractivity contribution in [3.05, 3.63) is 22.4 Å². The summed E-state index contributed by atoms with van der Waals surface area (Å²) in [5, 5.41) is 1.98. The molecule has 2 bridgehead atoms. The van der Waals surface area contributed by atoms with E-state index in [0.717, 1.165) is 23.3 Å². The molecule has 17 heavy (non-hydrogen) atoms. The fourth-order valence-electron chi connectivity index (χ4n) is 3.32. The summed E-state index contributed by atoms with van der Waals surface area (Å²) in [4.78, 5) is 15.3. The highest BCUT2D eigenvalue weighted by molar-refractivity contribution is 7.12. The molecule has 2 heterocycles. The van der Waals surface area contributed by atoms with Crippen LogP contribution >= 0.6 is 11.3 Å². The number of likely N-dealkylation sites (tertiary alicyclic amines) is 1. The van der Waals surface area contributed by atoms with Gasteiger partial charge in [-0.3, -0.25) is 4.79 Å². The predicted molar refractivity (Wildman–Crippen MR) is 70.5 cm³/mol. The van der Waals surface area contributed by atoms with Crippen molar-refractivity contribution >= 4 is 17.1 Å². The van der Waals surface area contributed by atoms with Crippen molar-refractivity contribution in [1.82, 2.24) is 4.90 Å². The molecule has 1 aromatic rings. The minimum absolute atomic E-state index is 0.318. The van der Waals surface area contributed by atoms with Crippen LogP contribution in [0, 0.1) is 11.8 Å². The van der Waals surface area contributed by atoms with Crippen molar-refractivity contribution in [2.75, 3.05) is 19.6 Å². The zero-order valence-corrected chi connectivity index (χ0v) is 10.9. The van der Waals surface area contributed by atoms with Crippen LogP contribution in [0.15, 0.2) is 17.5 Å². The van der Waals surface area contributed by atoms with E-state index >= 15 is 0 Å². The van der Waals surface area contributed by atoms with Gasteiger partial charge in [-0.15, -0.1) is 11.3 Å². The number of hydrogen-bond donors (Lipinski definition) is 0. The van der Waals surface area contributed by atoms with Crippen LogP contribution < -0.4 is 0 Å². The fourth-order valence-corrected chi connectivity index (χ4v) is 4.01. The molecule has 1 aliphatic carbocycles. The monoisotopic (exact) mass is 249 g/mol. The summed E-state index contributed by atoms with van der Waals surface area (Å²) in [6, 6.07) is 3.89. The van der Waals surface area contributed by atoms with Gasteiger partial charge in [0.1, 0.15) is 0 Å². The lowest BCUT2D eigenvalue weighted by Gasteiger charge is -2.31. The first kappa shape index (κ1) is 11.4. The molecule has 1 saturated carbocycles. The van der Waals surface area contributed by atoms with E-state index in [0.29, 0.717) is 12.2 Å². The number of rotatable bonds is 4. The van der Waals surface area contributed by atoms with E-state index in [1.54, 1.807) is 11.3 Å². The van der Waals surface area contributed by atoms with Gasteiger partial charge < -0.3 is 4.90 Å². The van der Waals surface area contributed by atoms with E-state index in [1.165, 1.54) is 32.4 Å². The van der Waals surface area contributed by atoms with Crippen molar-refractivity contribution in [3.8, 4) is 0 Å². The van der Waals surface area contributed by atoms with Crippen molar-refractivity contribution in [2.24, 2.45) is 11.8 Å². The molecule has 2 atom stereocenters.